The number of carbonyl (C=O) groups excluding carboxylic acids is 2. The highest BCUT2D eigenvalue weighted by Gasteiger charge is 2.48. The number of hydrogen-bond acceptors (Lipinski definition) is 5. The maximum absolute atomic E-state index is 13.4. The number of piperidine rings is 1. The smallest absolute Gasteiger partial charge is 0.270 e. The van der Waals surface area contributed by atoms with Gasteiger partial charge in [-0.1, -0.05) is 18.2 Å². The van der Waals surface area contributed by atoms with E-state index in [4.69, 9.17) is 9.47 Å². The Bertz CT molecular complexity index is 1230. The number of para-hydroxylation sites is 1. The molecule has 3 aromatic rings. The molecule has 1 atom stereocenters. The van der Waals surface area contributed by atoms with E-state index in [1.165, 1.54) is 0 Å². The third kappa shape index (κ3) is 3.42. The third-order valence-corrected chi connectivity index (χ3v) is 7.48. The van der Waals surface area contributed by atoms with Crippen LogP contribution in [0.25, 0.3) is 10.9 Å². The van der Waals surface area contributed by atoms with Crippen molar-refractivity contribution in [2.75, 3.05) is 39.4 Å². The number of rotatable bonds is 2. The van der Waals surface area contributed by atoms with Crippen molar-refractivity contribution in [3.63, 3.8) is 0 Å². The predicted octanol–water partition coefficient (Wildman–Crippen LogP) is 1.76. The van der Waals surface area contributed by atoms with Gasteiger partial charge in [-0.15, -0.1) is 0 Å². The number of hydrogen-bond donors (Lipinski definition) is 0. The number of nitrogens with zero attached hydrogens (tertiary/aromatic N) is 5. The third-order valence-electron chi connectivity index (χ3n) is 7.48. The molecule has 0 aliphatic carbocycles. The van der Waals surface area contributed by atoms with E-state index in [2.05, 4.69) is 4.98 Å². The summed E-state index contributed by atoms with van der Waals surface area (Å²) in [6.45, 7) is 3.87. The quantitative estimate of drug-likeness (QED) is 0.579. The van der Waals surface area contributed by atoms with Crippen LogP contribution in [0.1, 0.15) is 29.2 Å². The van der Waals surface area contributed by atoms with Gasteiger partial charge in [0.2, 0.25) is 0 Å². The highest BCUT2D eigenvalue weighted by atomic mass is 16.5. The fraction of sp³-hybridized carbons (Fsp3) is 0.480. The van der Waals surface area contributed by atoms with Crippen molar-refractivity contribution in [1.82, 2.24) is 23.9 Å². The zero-order chi connectivity index (χ0) is 23.3. The molecule has 1 spiro atoms. The molecule has 5 heterocycles. The SMILES string of the molecule is Cn1c(C(=O)N2CCC3(CC2)OC(C(=O)N2CCOCC2)Cn2ccnc23)cc2ccccc21. The lowest BCUT2D eigenvalue weighted by molar-refractivity contribution is -0.182. The van der Waals surface area contributed by atoms with Gasteiger partial charge in [0, 0.05) is 69.4 Å². The van der Waals surface area contributed by atoms with E-state index in [1.54, 1.807) is 6.20 Å². The lowest BCUT2D eigenvalue weighted by atomic mass is 9.88. The van der Waals surface area contributed by atoms with Crippen molar-refractivity contribution < 1.29 is 19.1 Å². The van der Waals surface area contributed by atoms with Gasteiger partial charge in [-0.05, 0) is 12.1 Å². The van der Waals surface area contributed by atoms with Crippen molar-refractivity contribution in [3.05, 3.63) is 54.2 Å². The summed E-state index contributed by atoms with van der Waals surface area (Å²) in [5, 5.41) is 1.06. The average Bonchev–Trinajstić information content (AvgIpc) is 3.49. The van der Waals surface area contributed by atoms with Gasteiger partial charge in [0.1, 0.15) is 17.1 Å². The van der Waals surface area contributed by atoms with Crippen molar-refractivity contribution >= 4 is 22.7 Å². The van der Waals surface area contributed by atoms with Gasteiger partial charge < -0.3 is 28.4 Å². The maximum atomic E-state index is 13.4. The van der Waals surface area contributed by atoms with Gasteiger partial charge in [0.05, 0.1) is 19.8 Å². The molecule has 34 heavy (non-hydrogen) atoms. The Morgan fingerprint density at radius 3 is 2.59 bits per heavy atom. The van der Waals surface area contributed by atoms with E-state index in [-0.39, 0.29) is 11.8 Å². The second-order valence-corrected chi connectivity index (χ2v) is 9.38. The molecule has 2 amide bonds. The fourth-order valence-electron chi connectivity index (χ4n) is 5.58. The summed E-state index contributed by atoms with van der Waals surface area (Å²) < 4.78 is 16.0. The van der Waals surface area contributed by atoms with Gasteiger partial charge in [-0.25, -0.2) is 4.98 Å². The Balaban J connectivity index is 1.21. The lowest BCUT2D eigenvalue weighted by Crippen LogP contribution is -2.56. The average molecular weight is 464 g/mol. The fourth-order valence-corrected chi connectivity index (χ4v) is 5.58. The molecule has 2 aromatic heterocycles. The van der Waals surface area contributed by atoms with Crippen LogP contribution in [0.3, 0.4) is 0 Å². The number of carbonyl (C=O) groups is 2. The lowest BCUT2D eigenvalue weighted by Gasteiger charge is -2.46. The molecular formula is C25H29N5O4. The Kier molecular flexibility index (Phi) is 5.18. The van der Waals surface area contributed by atoms with E-state index in [0.717, 1.165) is 16.7 Å². The first-order valence-electron chi connectivity index (χ1n) is 12.0. The summed E-state index contributed by atoms with van der Waals surface area (Å²) >= 11 is 0. The molecule has 9 nitrogen and oxygen atoms in total. The number of imidazole rings is 1. The standard InChI is InChI=1S/C25H29N5O4/c1-27-19-5-3-2-4-18(19)16-20(27)22(31)28-9-6-25(7-10-28)24-26-8-11-30(24)17-21(34-25)23(32)29-12-14-33-15-13-29/h2-5,8,11,16,21H,6-7,9-10,12-15,17H2,1H3. The van der Waals surface area contributed by atoms with Gasteiger partial charge in [0.25, 0.3) is 11.8 Å². The Morgan fingerprint density at radius 1 is 1.06 bits per heavy atom. The van der Waals surface area contributed by atoms with Gasteiger partial charge >= 0.3 is 0 Å². The van der Waals surface area contributed by atoms with Crippen molar-refractivity contribution in [2.45, 2.75) is 31.1 Å². The van der Waals surface area contributed by atoms with Crippen LogP contribution in [0.15, 0.2) is 42.7 Å². The van der Waals surface area contributed by atoms with Crippen LogP contribution in [0.2, 0.25) is 0 Å². The van der Waals surface area contributed by atoms with Crippen LogP contribution in [0, 0.1) is 0 Å². The molecular weight excluding hydrogens is 434 g/mol. The van der Waals surface area contributed by atoms with Crippen molar-refractivity contribution in [1.29, 1.82) is 0 Å². The highest BCUT2D eigenvalue weighted by molar-refractivity contribution is 5.98. The second kappa shape index (κ2) is 8.25. The van der Waals surface area contributed by atoms with Crippen LogP contribution in [-0.4, -0.2) is 81.2 Å². The number of benzene rings is 1. The van der Waals surface area contributed by atoms with Crippen molar-refractivity contribution in [3.8, 4) is 0 Å². The summed E-state index contributed by atoms with van der Waals surface area (Å²) in [4.78, 5) is 35.0. The van der Waals surface area contributed by atoms with E-state index in [0.29, 0.717) is 64.5 Å². The Morgan fingerprint density at radius 2 is 1.82 bits per heavy atom. The molecule has 1 aromatic carbocycles. The van der Waals surface area contributed by atoms with Gasteiger partial charge in [-0.2, -0.15) is 0 Å². The summed E-state index contributed by atoms with van der Waals surface area (Å²) in [7, 11) is 1.93. The van der Waals surface area contributed by atoms with Crippen LogP contribution in [-0.2, 0) is 33.5 Å². The number of amides is 2. The molecule has 2 saturated heterocycles. The zero-order valence-electron chi connectivity index (χ0n) is 19.4. The largest absolute Gasteiger partial charge is 0.378 e. The molecule has 1 unspecified atom stereocenters. The summed E-state index contributed by atoms with van der Waals surface area (Å²) in [5.41, 5.74) is 1.06. The number of likely N-dealkylation sites (tertiary alicyclic amines) is 1. The first kappa shape index (κ1) is 21.4. The van der Waals surface area contributed by atoms with Crippen LogP contribution in [0.4, 0.5) is 0 Å². The minimum absolute atomic E-state index is 0.0102. The van der Waals surface area contributed by atoms with Crippen molar-refractivity contribution in [2.24, 2.45) is 7.05 Å². The van der Waals surface area contributed by atoms with Crippen LogP contribution < -0.4 is 0 Å². The van der Waals surface area contributed by atoms with E-state index in [9.17, 15) is 9.59 Å². The number of fused-ring (bicyclic) bond motifs is 3. The number of aryl methyl sites for hydroxylation is 1. The Hall–Kier alpha value is -3.17. The topological polar surface area (TPSA) is 81.8 Å². The Labute approximate surface area is 197 Å². The maximum Gasteiger partial charge on any atom is 0.270 e. The second-order valence-electron chi connectivity index (χ2n) is 9.38. The molecule has 2 fully saturated rings. The molecule has 0 bridgehead atoms. The van der Waals surface area contributed by atoms with Crippen LogP contribution >= 0.6 is 0 Å². The molecule has 3 aliphatic rings. The van der Waals surface area contributed by atoms with E-state index in [1.807, 2.05) is 62.5 Å². The first-order chi connectivity index (χ1) is 16.6. The minimum atomic E-state index is -0.663. The van der Waals surface area contributed by atoms with Gasteiger partial charge in [0.15, 0.2) is 6.10 Å². The van der Waals surface area contributed by atoms with E-state index < -0.39 is 11.7 Å². The normalized spacial score (nSPS) is 22.2. The summed E-state index contributed by atoms with van der Waals surface area (Å²) in [6.07, 6.45) is 4.35. The molecule has 0 saturated carbocycles. The monoisotopic (exact) mass is 463 g/mol. The highest BCUT2D eigenvalue weighted by Crippen LogP contribution is 2.40. The predicted molar refractivity (Wildman–Crippen MR) is 124 cm³/mol. The number of morpholine rings is 1. The molecule has 0 N–H and O–H groups in total. The summed E-state index contributed by atoms with van der Waals surface area (Å²) in [5.74, 6) is 0.889. The molecule has 6 rings (SSSR count). The van der Waals surface area contributed by atoms with Crippen LogP contribution in [0.5, 0.6) is 0 Å². The summed E-state index contributed by atoms with van der Waals surface area (Å²) in [6, 6.07) is 9.98. The number of aromatic nitrogens is 3. The zero-order valence-corrected chi connectivity index (χ0v) is 19.4. The van der Waals surface area contributed by atoms with Gasteiger partial charge in [-0.3, -0.25) is 9.59 Å². The minimum Gasteiger partial charge on any atom is -0.378 e. The molecule has 3 aliphatic heterocycles. The van der Waals surface area contributed by atoms with E-state index >= 15 is 0 Å². The molecule has 178 valence electrons. The first-order valence-corrected chi connectivity index (χ1v) is 12.0. The molecule has 0 radical (unpaired) electrons. The number of ether oxygens (including phenoxy) is 2. The molecule has 9 heteroatoms.